The van der Waals surface area contributed by atoms with Crippen molar-refractivity contribution in [2.75, 3.05) is 33.2 Å². The standard InChI is InChI=1S/C16H20Cl2N2O6S.2ClH/c1-19(7-8-20-5-3-2-4-6-20)27(24,25)13-10-11(17)9-12(18)14(13)26-16(23)15(21)22;;/h9-10H,2-8H2,1H3,(H,21,22);2*1H. The second kappa shape index (κ2) is 12.1. The summed E-state index contributed by atoms with van der Waals surface area (Å²) < 4.78 is 31.6. The minimum Gasteiger partial charge on any atom is -0.473 e. The Bertz CT molecular complexity index is 831. The molecule has 0 bridgehead atoms. The number of halogens is 4. The summed E-state index contributed by atoms with van der Waals surface area (Å²) in [6.07, 6.45) is 3.33. The van der Waals surface area contributed by atoms with E-state index in [4.69, 9.17) is 28.3 Å². The van der Waals surface area contributed by atoms with Crippen molar-refractivity contribution in [2.45, 2.75) is 24.2 Å². The fourth-order valence-electron chi connectivity index (χ4n) is 2.72. The third-order valence-electron chi connectivity index (χ3n) is 4.21. The predicted molar refractivity (Wildman–Crippen MR) is 114 cm³/mol. The van der Waals surface area contributed by atoms with E-state index in [1.54, 1.807) is 0 Å². The van der Waals surface area contributed by atoms with Gasteiger partial charge < -0.3 is 14.7 Å². The molecule has 8 nitrogen and oxygen atoms in total. The smallest absolute Gasteiger partial charge is 0.422 e. The van der Waals surface area contributed by atoms with E-state index in [2.05, 4.69) is 9.64 Å². The molecule has 0 atom stereocenters. The number of sulfonamides is 1. The van der Waals surface area contributed by atoms with Crippen molar-refractivity contribution in [1.29, 1.82) is 0 Å². The molecule has 29 heavy (non-hydrogen) atoms. The first-order chi connectivity index (χ1) is 12.6. The van der Waals surface area contributed by atoms with E-state index in [0.717, 1.165) is 36.3 Å². The van der Waals surface area contributed by atoms with Crippen molar-refractivity contribution < 1.29 is 27.9 Å². The van der Waals surface area contributed by atoms with Crippen LogP contribution in [0.4, 0.5) is 0 Å². The number of aliphatic carboxylic acids is 1. The van der Waals surface area contributed by atoms with Gasteiger partial charge >= 0.3 is 11.9 Å². The van der Waals surface area contributed by atoms with E-state index in [9.17, 15) is 18.0 Å². The molecule has 1 aliphatic heterocycles. The Morgan fingerprint density at radius 2 is 1.76 bits per heavy atom. The van der Waals surface area contributed by atoms with E-state index in [1.807, 2.05) is 0 Å². The van der Waals surface area contributed by atoms with E-state index < -0.39 is 32.6 Å². The summed E-state index contributed by atoms with van der Waals surface area (Å²) in [5.74, 6) is -4.08. The molecule has 2 rings (SSSR count). The van der Waals surface area contributed by atoms with Gasteiger partial charge in [-0.25, -0.2) is 18.0 Å². The first-order valence-corrected chi connectivity index (χ1v) is 10.5. The highest BCUT2D eigenvalue weighted by Crippen LogP contribution is 2.36. The molecule has 1 fully saturated rings. The molecule has 0 aromatic heterocycles. The van der Waals surface area contributed by atoms with Crippen LogP contribution in [0.15, 0.2) is 17.0 Å². The van der Waals surface area contributed by atoms with E-state index in [1.165, 1.54) is 19.5 Å². The van der Waals surface area contributed by atoms with Gasteiger partial charge in [-0.3, -0.25) is 0 Å². The number of carboxylic acids is 1. The monoisotopic (exact) mass is 510 g/mol. The number of piperidine rings is 1. The Balaban J connectivity index is 0.00000392. The van der Waals surface area contributed by atoms with Crippen LogP contribution in [-0.2, 0) is 19.6 Å². The maximum Gasteiger partial charge on any atom is 0.422 e. The second-order valence-corrected chi connectivity index (χ2v) is 9.00. The first kappa shape index (κ1) is 28.2. The number of carbonyl (C=O) groups excluding carboxylic acids is 1. The third kappa shape index (κ3) is 7.43. The molecule has 1 N–H and O–H groups in total. The van der Waals surface area contributed by atoms with Gasteiger partial charge in [0.15, 0.2) is 5.75 Å². The molecule has 1 aliphatic rings. The molecule has 1 aromatic carbocycles. The molecule has 1 aromatic rings. The predicted octanol–water partition coefficient (Wildman–Crippen LogP) is 2.93. The van der Waals surface area contributed by atoms with Crippen molar-refractivity contribution in [2.24, 2.45) is 0 Å². The second-order valence-electron chi connectivity index (χ2n) is 6.14. The molecule has 166 valence electrons. The Morgan fingerprint density at radius 3 is 2.31 bits per heavy atom. The van der Waals surface area contributed by atoms with Gasteiger partial charge in [0.1, 0.15) is 4.90 Å². The van der Waals surface area contributed by atoms with E-state index in [-0.39, 0.29) is 41.4 Å². The Labute approximate surface area is 191 Å². The van der Waals surface area contributed by atoms with E-state index >= 15 is 0 Å². The zero-order chi connectivity index (χ0) is 20.2. The molecule has 1 heterocycles. The van der Waals surface area contributed by atoms with Gasteiger partial charge in [0, 0.05) is 25.2 Å². The number of hydrogen-bond acceptors (Lipinski definition) is 6. The van der Waals surface area contributed by atoms with Gasteiger partial charge in [-0.05, 0) is 38.1 Å². The van der Waals surface area contributed by atoms with Gasteiger partial charge in [-0.15, -0.1) is 24.8 Å². The summed E-state index contributed by atoms with van der Waals surface area (Å²) >= 11 is 11.8. The van der Waals surface area contributed by atoms with Crippen LogP contribution in [-0.4, -0.2) is 67.9 Å². The molecule has 0 spiro atoms. The largest absolute Gasteiger partial charge is 0.473 e. The number of ether oxygens (including phenoxy) is 1. The average molecular weight is 512 g/mol. The lowest BCUT2D eigenvalue weighted by Gasteiger charge is -2.28. The van der Waals surface area contributed by atoms with Gasteiger partial charge in [-0.1, -0.05) is 29.6 Å². The highest BCUT2D eigenvalue weighted by molar-refractivity contribution is 7.89. The molecule has 0 amide bonds. The van der Waals surface area contributed by atoms with Gasteiger partial charge in [0.25, 0.3) is 0 Å². The fourth-order valence-corrected chi connectivity index (χ4v) is 4.69. The van der Waals surface area contributed by atoms with Crippen molar-refractivity contribution in [3.05, 3.63) is 22.2 Å². The molecule has 0 saturated carbocycles. The molecule has 0 unspecified atom stereocenters. The van der Waals surface area contributed by atoms with Crippen LogP contribution in [0.2, 0.25) is 10.0 Å². The Morgan fingerprint density at radius 1 is 1.17 bits per heavy atom. The summed E-state index contributed by atoms with van der Waals surface area (Å²) in [5.41, 5.74) is 0. The molecule has 13 heteroatoms. The number of benzene rings is 1. The number of likely N-dealkylation sites (tertiary alicyclic amines) is 1. The maximum absolute atomic E-state index is 12.9. The number of hydrogen-bond donors (Lipinski definition) is 1. The summed E-state index contributed by atoms with van der Waals surface area (Å²) in [6.45, 7) is 2.59. The van der Waals surface area contributed by atoms with Crippen LogP contribution in [0.1, 0.15) is 19.3 Å². The van der Waals surface area contributed by atoms with Crippen molar-refractivity contribution in [1.82, 2.24) is 9.21 Å². The van der Waals surface area contributed by atoms with Crippen molar-refractivity contribution >= 4 is 70.0 Å². The Kier molecular flexibility index (Phi) is 11.8. The van der Waals surface area contributed by atoms with Crippen LogP contribution in [0, 0.1) is 0 Å². The number of esters is 1. The summed E-state index contributed by atoms with van der Waals surface area (Å²) in [4.78, 5) is 23.9. The Hall–Kier alpha value is -0.810. The van der Waals surface area contributed by atoms with E-state index in [0.29, 0.717) is 6.54 Å². The summed E-state index contributed by atoms with van der Waals surface area (Å²) in [7, 11) is -2.73. The minimum absolute atomic E-state index is 0. The van der Waals surface area contributed by atoms with Gasteiger partial charge in [0.2, 0.25) is 10.0 Å². The van der Waals surface area contributed by atoms with Crippen molar-refractivity contribution in [3.8, 4) is 5.75 Å². The zero-order valence-corrected chi connectivity index (χ0v) is 19.4. The first-order valence-electron chi connectivity index (χ1n) is 8.25. The highest BCUT2D eigenvalue weighted by Gasteiger charge is 2.30. The fraction of sp³-hybridized carbons (Fsp3) is 0.500. The summed E-state index contributed by atoms with van der Waals surface area (Å²) in [6, 6.07) is 2.24. The van der Waals surface area contributed by atoms with Crippen LogP contribution in [0.3, 0.4) is 0 Å². The van der Waals surface area contributed by atoms with Gasteiger partial charge in [0.05, 0.1) is 5.02 Å². The molecule has 0 radical (unpaired) electrons. The lowest BCUT2D eigenvalue weighted by molar-refractivity contribution is -0.158. The molecular formula is C16H22Cl4N2O6S. The lowest BCUT2D eigenvalue weighted by atomic mass is 10.1. The minimum atomic E-state index is -4.12. The number of likely N-dealkylation sites (N-methyl/N-ethyl adjacent to an activating group) is 1. The highest BCUT2D eigenvalue weighted by atomic mass is 35.5. The number of carboxylic acid groups (broad SMARTS) is 1. The lowest BCUT2D eigenvalue weighted by Crippen LogP contribution is -2.38. The van der Waals surface area contributed by atoms with Crippen LogP contribution in [0.25, 0.3) is 0 Å². The SMILES string of the molecule is CN(CCN1CCCCC1)S(=O)(=O)c1cc(Cl)cc(Cl)c1OC(=O)C(=O)O.Cl.Cl. The quantitative estimate of drug-likeness (QED) is 0.355. The normalized spacial score (nSPS) is 14.6. The van der Waals surface area contributed by atoms with Crippen molar-refractivity contribution in [3.63, 3.8) is 0 Å². The third-order valence-corrected chi connectivity index (χ3v) is 6.57. The number of carbonyl (C=O) groups is 2. The summed E-state index contributed by atoms with van der Waals surface area (Å²) in [5, 5.41) is 8.45. The zero-order valence-electron chi connectivity index (χ0n) is 15.5. The number of nitrogens with zero attached hydrogens (tertiary/aromatic N) is 2. The van der Waals surface area contributed by atoms with Crippen LogP contribution >= 0.6 is 48.0 Å². The average Bonchev–Trinajstić information content (AvgIpc) is 2.62. The van der Waals surface area contributed by atoms with Gasteiger partial charge in [-0.2, -0.15) is 4.31 Å². The topological polar surface area (TPSA) is 104 Å². The number of rotatable bonds is 6. The molecule has 1 saturated heterocycles. The molecule has 0 aliphatic carbocycles. The van der Waals surface area contributed by atoms with Crippen LogP contribution in [0.5, 0.6) is 5.75 Å². The van der Waals surface area contributed by atoms with Crippen LogP contribution < -0.4 is 4.74 Å². The molecular weight excluding hydrogens is 490 g/mol. The maximum atomic E-state index is 12.9.